The van der Waals surface area contributed by atoms with E-state index in [1.807, 2.05) is 0 Å². The number of carbonyl (C=O) groups is 1. The Hall–Kier alpha value is -2.77. The Morgan fingerprint density at radius 2 is 1.72 bits per heavy atom. The standard InChI is InChI=1S/C10H14N6O2/c1-18-8(17)6-3-2-5(15-9(11)12)4-7(6)16-10(13)14/h2-4H,1H3,(H4,11,12,15)(H4,13,14,16). The molecule has 8 heteroatoms. The quantitative estimate of drug-likeness (QED) is 0.315. The lowest BCUT2D eigenvalue weighted by Crippen LogP contribution is -2.22. The Bertz CT molecular complexity index is 515. The summed E-state index contributed by atoms with van der Waals surface area (Å²) in [6.45, 7) is 0. The van der Waals surface area contributed by atoms with Crippen LogP contribution in [0.4, 0.5) is 11.4 Å². The van der Waals surface area contributed by atoms with Crippen LogP contribution in [-0.4, -0.2) is 25.0 Å². The Morgan fingerprint density at radius 3 is 2.22 bits per heavy atom. The van der Waals surface area contributed by atoms with Gasteiger partial charge in [0, 0.05) is 0 Å². The van der Waals surface area contributed by atoms with Crippen LogP contribution < -0.4 is 22.9 Å². The average molecular weight is 250 g/mol. The van der Waals surface area contributed by atoms with Gasteiger partial charge in [-0.1, -0.05) is 0 Å². The lowest BCUT2D eigenvalue weighted by Gasteiger charge is -2.05. The van der Waals surface area contributed by atoms with Crippen LogP contribution in [-0.2, 0) is 4.74 Å². The summed E-state index contributed by atoms with van der Waals surface area (Å²) < 4.78 is 4.60. The van der Waals surface area contributed by atoms with Gasteiger partial charge in [-0.05, 0) is 18.2 Å². The van der Waals surface area contributed by atoms with Gasteiger partial charge in [-0.25, -0.2) is 14.8 Å². The monoisotopic (exact) mass is 250 g/mol. The van der Waals surface area contributed by atoms with E-state index in [2.05, 4.69) is 14.7 Å². The normalized spacial score (nSPS) is 9.39. The maximum Gasteiger partial charge on any atom is 0.340 e. The van der Waals surface area contributed by atoms with Gasteiger partial charge in [-0.3, -0.25) is 0 Å². The number of ether oxygens (including phenoxy) is 1. The molecule has 0 aliphatic heterocycles. The summed E-state index contributed by atoms with van der Waals surface area (Å²) in [5.74, 6) is -0.871. The van der Waals surface area contributed by atoms with E-state index in [9.17, 15) is 4.79 Å². The minimum absolute atomic E-state index is 0.114. The van der Waals surface area contributed by atoms with Gasteiger partial charge < -0.3 is 27.7 Å². The number of guanidine groups is 2. The fourth-order valence-corrected chi connectivity index (χ4v) is 1.25. The molecule has 1 aromatic rings. The third kappa shape index (κ3) is 3.37. The summed E-state index contributed by atoms with van der Waals surface area (Å²) in [6.07, 6.45) is 0. The molecular weight excluding hydrogens is 236 g/mol. The number of aliphatic imine (C=N–C) groups is 2. The van der Waals surface area contributed by atoms with E-state index in [1.54, 1.807) is 0 Å². The van der Waals surface area contributed by atoms with Gasteiger partial charge in [-0.2, -0.15) is 0 Å². The zero-order valence-corrected chi connectivity index (χ0v) is 9.75. The molecule has 0 spiro atoms. The number of carbonyl (C=O) groups excluding carboxylic acids is 1. The highest BCUT2D eigenvalue weighted by Gasteiger charge is 2.12. The molecule has 0 aliphatic carbocycles. The molecule has 0 aromatic heterocycles. The molecule has 0 heterocycles. The second kappa shape index (κ2) is 5.53. The molecule has 8 N–H and O–H groups in total. The molecular formula is C10H14N6O2. The summed E-state index contributed by atoms with van der Waals surface area (Å²) in [6, 6.07) is 4.47. The van der Waals surface area contributed by atoms with Gasteiger partial charge in [0.25, 0.3) is 0 Å². The number of methoxy groups -OCH3 is 1. The van der Waals surface area contributed by atoms with Crippen LogP contribution in [0.1, 0.15) is 10.4 Å². The van der Waals surface area contributed by atoms with Crippen molar-refractivity contribution >= 4 is 29.3 Å². The molecule has 0 radical (unpaired) electrons. The van der Waals surface area contributed by atoms with Crippen molar-refractivity contribution in [3.05, 3.63) is 23.8 Å². The van der Waals surface area contributed by atoms with Gasteiger partial charge in [0.15, 0.2) is 11.9 Å². The number of rotatable bonds is 3. The third-order valence-electron chi connectivity index (χ3n) is 1.89. The lowest BCUT2D eigenvalue weighted by molar-refractivity contribution is 0.0602. The van der Waals surface area contributed by atoms with E-state index in [-0.39, 0.29) is 23.2 Å². The van der Waals surface area contributed by atoms with E-state index in [0.29, 0.717) is 5.69 Å². The number of benzene rings is 1. The summed E-state index contributed by atoms with van der Waals surface area (Å²) in [7, 11) is 1.26. The first-order chi connectivity index (χ1) is 8.43. The predicted molar refractivity (Wildman–Crippen MR) is 68.7 cm³/mol. The van der Waals surface area contributed by atoms with Gasteiger partial charge >= 0.3 is 5.97 Å². The Kier molecular flexibility index (Phi) is 4.08. The summed E-state index contributed by atoms with van der Waals surface area (Å²) in [4.78, 5) is 19.1. The SMILES string of the molecule is COC(=O)c1ccc(N=C(N)N)cc1N=C(N)N. The second-order valence-electron chi connectivity index (χ2n) is 3.27. The molecule has 0 bridgehead atoms. The number of esters is 1. The van der Waals surface area contributed by atoms with Crippen molar-refractivity contribution in [2.45, 2.75) is 0 Å². The minimum Gasteiger partial charge on any atom is -0.465 e. The summed E-state index contributed by atoms with van der Waals surface area (Å²) in [5, 5.41) is 0. The van der Waals surface area contributed by atoms with Gasteiger partial charge in [0.2, 0.25) is 0 Å². The highest BCUT2D eigenvalue weighted by atomic mass is 16.5. The molecule has 0 saturated carbocycles. The first-order valence-corrected chi connectivity index (χ1v) is 4.85. The first kappa shape index (κ1) is 13.3. The lowest BCUT2D eigenvalue weighted by atomic mass is 10.1. The van der Waals surface area contributed by atoms with E-state index >= 15 is 0 Å². The van der Waals surface area contributed by atoms with Crippen LogP contribution in [0, 0.1) is 0 Å². The largest absolute Gasteiger partial charge is 0.465 e. The van der Waals surface area contributed by atoms with E-state index < -0.39 is 5.97 Å². The highest BCUT2D eigenvalue weighted by molar-refractivity contribution is 5.97. The molecule has 0 unspecified atom stereocenters. The highest BCUT2D eigenvalue weighted by Crippen LogP contribution is 2.26. The molecule has 18 heavy (non-hydrogen) atoms. The molecule has 0 aliphatic rings. The molecule has 8 nitrogen and oxygen atoms in total. The Balaban J connectivity index is 3.34. The molecule has 1 aromatic carbocycles. The van der Waals surface area contributed by atoms with Crippen LogP contribution in [0.15, 0.2) is 28.2 Å². The molecule has 1 rings (SSSR count). The van der Waals surface area contributed by atoms with Crippen LogP contribution in [0.5, 0.6) is 0 Å². The van der Waals surface area contributed by atoms with Crippen LogP contribution in [0.25, 0.3) is 0 Å². The molecule has 0 amide bonds. The minimum atomic E-state index is -0.564. The van der Waals surface area contributed by atoms with E-state index in [1.165, 1.54) is 25.3 Å². The van der Waals surface area contributed by atoms with E-state index in [0.717, 1.165) is 0 Å². The predicted octanol–water partition coefficient (Wildman–Crippen LogP) is -0.717. The van der Waals surface area contributed by atoms with Crippen molar-refractivity contribution in [3.63, 3.8) is 0 Å². The smallest absolute Gasteiger partial charge is 0.340 e. The zero-order chi connectivity index (χ0) is 13.7. The van der Waals surface area contributed by atoms with Crippen molar-refractivity contribution < 1.29 is 9.53 Å². The zero-order valence-electron chi connectivity index (χ0n) is 9.75. The number of nitrogens with zero attached hydrogens (tertiary/aromatic N) is 2. The van der Waals surface area contributed by atoms with Crippen molar-refractivity contribution in [2.75, 3.05) is 7.11 Å². The number of hydrogen-bond donors (Lipinski definition) is 4. The fourth-order valence-electron chi connectivity index (χ4n) is 1.25. The molecule has 0 atom stereocenters. The summed E-state index contributed by atoms with van der Waals surface area (Å²) in [5.41, 5.74) is 21.9. The second-order valence-corrected chi connectivity index (χ2v) is 3.27. The molecule has 0 fully saturated rings. The van der Waals surface area contributed by atoms with Crippen LogP contribution >= 0.6 is 0 Å². The molecule has 0 saturated heterocycles. The van der Waals surface area contributed by atoms with E-state index in [4.69, 9.17) is 22.9 Å². The van der Waals surface area contributed by atoms with Crippen molar-refractivity contribution in [2.24, 2.45) is 32.9 Å². The first-order valence-electron chi connectivity index (χ1n) is 4.85. The van der Waals surface area contributed by atoms with Crippen molar-refractivity contribution in [3.8, 4) is 0 Å². The maximum absolute atomic E-state index is 11.5. The van der Waals surface area contributed by atoms with Crippen molar-refractivity contribution in [1.29, 1.82) is 0 Å². The fraction of sp³-hybridized carbons (Fsp3) is 0.100. The van der Waals surface area contributed by atoms with Gasteiger partial charge in [0.1, 0.15) is 0 Å². The van der Waals surface area contributed by atoms with Crippen LogP contribution in [0.3, 0.4) is 0 Å². The summed E-state index contributed by atoms with van der Waals surface area (Å²) >= 11 is 0. The van der Waals surface area contributed by atoms with Crippen molar-refractivity contribution in [1.82, 2.24) is 0 Å². The topological polar surface area (TPSA) is 155 Å². The van der Waals surface area contributed by atoms with Gasteiger partial charge in [0.05, 0.1) is 24.0 Å². The Morgan fingerprint density at radius 1 is 1.11 bits per heavy atom. The molecule has 96 valence electrons. The maximum atomic E-state index is 11.5. The third-order valence-corrected chi connectivity index (χ3v) is 1.89. The Labute approximate surface area is 103 Å². The number of nitrogens with two attached hydrogens (primary N) is 4. The number of hydrogen-bond acceptors (Lipinski definition) is 4. The van der Waals surface area contributed by atoms with Crippen LogP contribution in [0.2, 0.25) is 0 Å². The van der Waals surface area contributed by atoms with Gasteiger partial charge in [-0.15, -0.1) is 0 Å². The average Bonchev–Trinajstić information content (AvgIpc) is 2.26.